The molecule has 0 fully saturated rings. The van der Waals surface area contributed by atoms with Crippen molar-refractivity contribution in [1.82, 2.24) is 5.32 Å². The molecule has 0 atom stereocenters. The Morgan fingerprint density at radius 3 is 2.43 bits per heavy atom. The Bertz CT molecular complexity index is 862. The molecule has 2 aromatic rings. The topological polar surface area (TPSA) is 101 Å². The molecule has 28 heavy (non-hydrogen) atoms. The third kappa shape index (κ3) is 7.01. The maximum absolute atomic E-state index is 12.9. The van der Waals surface area contributed by atoms with Crippen molar-refractivity contribution in [2.75, 3.05) is 18.4 Å². The molecular weight excluding hydrogens is 513 g/mol. The second kappa shape index (κ2) is 12.0. The molecule has 150 valence electrons. The normalized spacial score (nSPS) is 9.96. The molecule has 0 saturated carbocycles. The molecular formula is C19H20Br2ClN3O3. The Labute approximate surface area is 187 Å². The van der Waals surface area contributed by atoms with E-state index in [9.17, 15) is 14.4 Å². The Morgan fingerprint density at radius 1 is 1.04 bits per heavy atom. The van der Waals surface area contributed by atoms with E-state index in [0.717, 1.165) is 0 Å². The molecule has 0 aromatic heterocycles. The van der Waals surface area contributed by atoms with Crippen molar-refractivity contribution < 1.29 is 14.4 Å². The molecule has 0 spiro atoms. The average Bonchev–Trinajstić information content (AvgIpc) is 2.66. The first-order valence-corrected chi connectivity index (χ1v) is 9.45. The van der Waals surface area contributed by atoms with Crippen molar-refractivity contribution in [3.63, 3.8) is 0 Å². The Kier molecular flexibility index (Phi) is 10.4. The van der Waals surface area contributed by atoms with Gasteiger partial charge < -0.3 is 16.4 Å². The summed E-state index contributed by atoms with van der Waals surface area (Å²) in [4.78, 5) is 36.6. The minimum absolute atomic E-state index is 0. The smallest absolute Gasteiger partial charge is 0.243 e. The lowest BCUT2D eigenvalue weighted by molar-refractivity contribution is -0.124. The number of nitrogens with one attached hydrogen (secondary N) is 2. The summed E-state index contributed by atoms with van der Waals surface area (Å²) >= 11 is 9.45. The second-order valence-corrected chi connectivity index (χ2v) is 7.04. The number of halogens is 3. The lowest BCUT2D eigenvalue weighted by atomic mass is 10.0. The van der Waals surface area contributed by atoms with E-state index in [1.165, 1.54) is 0 Å². The summed E-state index contributed by atoms with van der Waals surface area (Å²) in [6.07, 6.45) is 0.814. The minimum atomic E-state index is -0.438. The molecule has 9 heteroatoms. The number of carbonyl (C=O) groups is 3. The molecule has 0 radical (unpaired) electrons. The summed E-state index contributed by atoms with van der Waals surface area (Å²) < 4.78 is 0.686. The first kappa shape index (κ1) is 24.3. The predicted molar refractivity (Wildman–Crippen MR) is 119 cm³/mol. The van der Waals surface area contributed by atoms with Gasteiger partial charge in [0.05, 0.1) is 17.3 Å². The molecule has 0 heterocycles. The zero-order valence-corrected chi connectivity index (χ0v) is 18.9. The fourth-order valence-corrected chi connectivity index (χ4v) is 2.91. The quantitative estimate of drug-likeness (QED) is 0.451. The van der Waals surface area contributed by atoms with Crippen LogP contribution in [0.2, 0.25) is 5.02 Å². The number of anilines is 1. The van der Waals surface area contributed by atoms with Crippen molar-refractivity contribution in [3.05, 3.63) is 63.1 Å². The van der Waals surface area contributed by atoms with E-state index >= 15 is 0 Å². The fourth-order valence-electron chi connectivity index (χ4n) is 2.33. The van der Waals surface area contributed by atoms with Crippen LogP contribution < -0.4 is 16.4 Å². The fraction of sp³-hybridized carbons (Fsp3) is 0.211. The number of ketones is 1. The molecule has 4 N–H and O–H groups in total. The van der Waals surface area contributed by atoms with Crippen LogP contribution in [0.5, 0.6) is 0 Å². The van der Waals surface area contributed by atoms with Gasteiger partial charge in [0.15, 0.2) is 5.78 Å². The molecule has 0 aliphatic rings. The van der Waals surface area contributed by atoms with E-state index in [2.05, 4.69) is 26.6 Å². The zero-order valence-electron chi connectivity index (χ0n) is 14.8. The molecule has 2 amide bonds. The van der Waals surface area contributed by atoms with Crippen molar-refractivity contribution in [2.24, 2.45) is 5.73 Å². The monoisotopic (exact) mass is 531 g/mol. The summed E-state index contributed by atoms with van der Waals surface area (Å²) in [5, 5.41) is 5.50. The van der Waals surface area contributed by atoms with Crippen LogP contribution in [0.25, 0.3) is 0 Å². The lowest BCUT2D eigenvalue weighted by Crippen LogP contribution is -2.33. The second-order valence-electron chi connectivity index (χ2n) is 5.72. The standard InChI is InChI=1S/C19H19BrClN3O3.BrH/c20-12-7-8-16(24-18(26)11-23-17(25)6-3-9-22)14(10-12)19(27)13-4-1-2-5-15(13)21;/h1-2,4-5,7-8,10H,3,6,9,11,22H2,(H,23,25)(H,24,26);1H. The van der Waals surface area contributed by atoms with Crippen LogP contribution in [0.3, 0.4) is 0 Å². The van der Waals surface area contributed by atoms with E-state index in [0.29, 0.717) is 39.3 Å². The molecule has 6 nitrogen and oxygen atoms in total. The average molecular weight is 534 g/mol. The van der Waals surface area contributed by atoms with Gasteiger partial charge in [0.1, 0.15) is 0 Å². The SMILES string of the molecule is Br.NCCCC(=O)NCC(=O)Nc1ccc(Br)cc1C(=O)c1ccccc1Cl. The van der Waals surface area contributed by atoms with Gasteiger partial charge in [0, 0.05) is 22.0 Å². The first-order valence-electron chi connectivity index (χ1n) is 8.27. The number of rotatable bonds is 8. The number of amides is 2. The summed E-state index contributed by atoms with van der Waals surface area (Å²) in [6.45, 7) is 0.214. The van der Waals surface area contributed by atoms with Gasteiger partial charge in [-0.1, -0.05) is 39.7 Å². The number of hydrogen-bond acceptors (Lipinski definition) is 4. The van der Waals surface area contributed by atoms with E-state index in [4.69, 9.17) is 17.3 Å². The third-order valence-electron chi connectivity index (χ3n) is 3.67. The van der Waals surface area contributed by atoms with E-state index in [-0.39, 0.29) is 41.6 Å². The molecule has 0 bridgehead atoms. The molecule has 2 rings (SSSR count). The number of benzene rings is 2. The van der Waals surface area contributed by atoms with Gasteiger partial charge in [0.25, 0.3) is 0 Å². The van der Waals surface area contributed by atoms with Crippen LogP contribution in [0.15, 0.2) is 46.9 Å². The third-order valence-corrected chi connectivity index (χ3v) is 4.50. The molecule has 0 aliphatic carbocycles. The Balaban J connectivity index is 0.00000392. The maximum atomic E-state index is 12.9. The Morgan fingerprint density at radius 2 is 1.75 bits per heavy atom. The van der Waals surface area contributed by atoms with Gasteiger partial charge >= 0.3 is 0 Å². The van der Waals surface area contributed by atoms with Crippen molar-refractivity contribution in [2.45, 2.75) is 12.8 Å². The number of carbonyl (C=O) groups excluding carboxylic acids is 3. The van der Waals surface area contributed by atoms with Gasteiger partial charge in [-0.05, 0) is 43.3 Å². The highest BCUT2D eigenvalue weighted by atomic mass is 79.9. The highest BCUT2D eigenvalue weighted by Crippen LogP contribution is 2.26. The molecule has 0 aliphatic heterocycles. The van der Waals surface area contributed by atoms with Crippen molar-refractivity contribution in [3.8, 4) is 0 Å². The van der Waals surface area contributed by atoms with Gasteiger partial charge in [-0.15, -0.1) is 17.0 Å². The molecule has 2 aromatic carbocycles. The van der Waals surface area contributed by atoms with E-state index in [1.807, 2.05) is 0 Å². The highest BCUT2D eigenvalue weighted by Gasteiger charge is 2.18. The van der Waals surface area contributed by atoms with Gasteiger partial charge in [0.2, 0.25) is 11.8 Å². The van der Waals surface area contributed by atoms with Gasteiger partial charge in [-0.25, -0.2) is 0 Å². The number of nitrogens with two attached hydrogens (primary N) is 1. The van der Waals surface area contributed by atoms with Crippen LogP contribution in [-0.4, -0.2) is 30.7 Å². The van der Waals surface area contributed by atoms with E-state index in [1.54, 1.807) is 42.5 Å². The molecule has 0 saturated heterocycles. The van der Waals surface area contributed by atoms with Gasteiger partial charge in [-0.3, -0.25) is 14.4 Å². The van der Waals surface area contributed by atoms with E-state index < -0.39 is 5.91 Å². The summed E-state index contributed by atoms with van der Waals surface area (Å²) in [6, 6.07) is 11.6. The van der Waals surface area contributed by atoms with Crippen LogP contribution >= 0.6 is 44.5 Å². The summed E-state index contributed by atoms with van der Waals surface area (Å²) in [7, 11) is 0. The lowest BCUT2D eigenvalue weighted by Gasteiger charge is -2.12. The molecule has 0 unspecified atom stereocenters. The number of hydrogen-bond donors (Lipinski definition) is 3. The summed E-state index contributed by atoms with van der Waals surface area (Å²) in [5.74, 6) is -1.01. The maximum Gasteiger partial charge on any atom is 0.243 e. The predicted octanol–water partition coefficient (Wildman–Crippen LogP) is 3.71. The zero-order chi connectivity index (χ0) is 19.8. The van der Waals surface area contributed by atoms with Crippen molar-refractivity contribution in [1.29, 1.82) is 0 Å². The Hall–Kier alpha value is -1.74. The van der Waals surface area contributed by atoms with Gasteiger partial charge in [-0.2, -0.15) is 0 Å². The largest absolute Gasteiger partial charge is 0.347 e. The summed E-state index contributed by atoms with van der Waals surface area (Å²) in [5.41, 5.74) is 6.31. The van der Waals surface area contributed by atoms with Crippen LogP contribution in [0.1, 0.15) is 28.8 Å². The van der Waals surface area contributed by atoms with Crippen LogP contribution in [-0.2, 0) is 9.59 Å². The van der Waals surface area contributed by atoms with Crippen LogP contribution in [0, 0.1) is 0 Å². The minimum Gasteiger partial charge on any atom is -0.347 e. The first-order chi connectivity index (χ1) is 12.9. The van der Waals surface area contributed by atoms with Crippen LogP contribution in [0.4, 0.5) is 5.69 Å². The highest BCUT2D eigenvalue weighted by molar-refractivity contribution is 9.10. The van der Waals surface area contributed by atoms with Crippen molar-refractivity contribution >= 4 is 67.8 Å².